The first kappa shape index (κ1) is 17.5. The Labute approximate surface area is 128 Å². The Morgan fingerprint density at radius 1 is 1.29 bits per heavy atom. The van der Waals surface area contributed by atoms with Crippen molar-refractivity contribution in [2.75, 3.05) is 31.6 Å². The Kier molecular flexibility index (Phi) is 7.83. The van der Waals surface area contributed by atoms with E-state index in [2.05, 4.69) is 24.5 Å². The zero-order valence-corrected chi connectivity index (χ0v) is 13.7. The van der Waals surface area contributed by atoms with Gasteiger partial charge in [0.15, 0.2) is 0 Å². The van der Waals surface area contributed by atoms with Crippen LogP contribution in [0.2, 0.25) is 0 Å². The van der Waals surface area contributed by atoms with E-state index < -0.39 is 0 Å². The largest absolute Gasteiger partial charge is 0.385 e. The fourth-order valence-corrected chi connectivity index (χ4v) is 1.94. The van der Waals surface area contributed by atoms with Gasteiger partial charge in [-0.3, -0.25) is 4.79 Å². The minimum atomic E-state index is -0.0536. The Bertz CT molecular complexity index is 444. The molecule has 0 aromatic heterocycles. The zero-order chi connectivity index (χ0) is 15.7. The summed E-state index contributed by atoms with van der Waals surface area (Å²) in [4.78, 5) is 12.2. The van der Waals surface area contributed by atoms with Crippen molar-refractivity contribution in [1.82, 2.24) is 5.32 Å². The van der Waals surface area contributed by atoms with Crippen molar-refractivity contribution < 1.29 is 9.53 Å². The van der Waals surface area contributed by atoms with Gasteiger partial charge in [0.2, 0.25) is 0 Å². The van der Waals surface area contributed by atoms with Gasteiger partial charge in [0.25, 0.3) is 5.91 Å². The van der Waals surface area contributed by atoms with Crippen molar-refractivity contribution >= 4 is 11.6 Å². The highest BCUT2D eigenvalue weighted by molar-refractivity contribution is 5.99. The number of benzene rings is 1. The van der Waals surface area contributed by atoms with Crippen LogP contribution in [0.3, 0.4) is 0 Å². The maximum absolute atomic E-state index is 12.2. The molecule has 0 bridgehead atoms. The van der Waals surface area contributed by atoms with E-state index in [0.29, 0.717) is 24.6 Å². The summed E-state index contributed by atoms with van der Waals surface area (Å²) in [6, 6.07) is 5.86. The minimum absolute atomic E-state index is 0.0536. The van der Waals surface area contributed by atoms with Crippen molar-refractivity contribution in [3.8, 4) is 0 Å². The molecule has 0 spiro atoms. The van der Waals surface area contributed by atoms with E-state index in [0.717, 1.165) is 30.8 Å². The molecule has 4 nitrogen and oxygen atoms in total. The lowest BCUT2D eigenvalue weighted by atomic mass is 10.1. The third kappa shape index (κ3) is 6.63. The van der Waals surface area contributed by atoms with Gasteiger partial charge in [-0.15, -0.1) is 0 Å². The molecule has 21 heavy (non-hydrogen) atoms. The normalized spacial score (nSPS) is 10.7. The molecule has 4 heteroatoms. The third-order valence-corrected chi connectivity index (χ3v) is 3.16. The standard InChI is InChI=1S/C17H28N2O2/c1-5-18-16-7-6-14(4)12-15(16)17(20)19-9-11-21-10-8-13(2)3/h6-7,12-13,18H,5,8-11H2,1-4H3,(H,19,20). The average molecular weight is 292 g/mol. The van der Waals surface area contributed by atoms with Crippen LogP contribution in [-0.4, -0.2) is 32.2 Å². The molecule has 1 aromatic rings. The molecule has 118 valence electrons. The van der Waals surface area contributed by atoms with Gasteiger partial charge < -0.3 is 15.4 Å². The first-order valence-corrected chi connectivity index (χ1v) is 7.75. The predicted octanol–water partition coefficient (Wildman–Crippen LogP) is 3.22. The number of anilines is 1. The highest BCUT2D eigenvalue weighted by atomic mass is 16.5. The van der Waals surface area contributed by atoms with E-state index in [9.17, 15) is 4.79 Å². The third-order valence-electron chi connectivity index (χ3n) is 3.16. The summed E-state index contributed by atoms with van der Waals surface area (Å²) in [6.07, 6.45) is 1.05. The molecule has 1 aromatic carbocycles. The van der Waals surface area contributed by atoms with E-state index in [1.807, 2.05) is 32.0 Å². The summed E-state index contributed by atoms with van der Waals surface area (Å²) in [5, 5.41) is 6.12. The van der Waals surface area contributed by atoms with Gasteiger partial charge in [-0.05, 0) is 38.3 Å². The number of rotatable bonds is 9. The first-order valence-electron chi connectivity index (χ1n) is 7.75. The number of amides is 1. The molecule has 0 saturated carbocycles. The van der Waals surface area contributed by atoms with Crippen molar-refractivity contribution in [1.29, 1.82) is 0 Å². The van der Waals surface area contributed by atoms with Crippen LogP contribution >= 0.6 is 0 Å². The molecule has 0 radical (unpaired) electrons. The first-order chi connectivity index (χ1) is 10.0. The van der Waals surface area contributed by atoms with Gasteiger partial charge in [0.05, 0.1) is 12.2 Å². The van der Waals surface area contributed by atoms with Crippen LogP contribution in [-0.2, 0) is 4.74 Å². The van der Waals surface area contributed by atoms with E-state index in [4.69, 9.17) is 4.74 Å². The van der Waals surface area contributed by atoms with Gasteiger partial charge in [0, 0.05) is 25.4 Å². The number of nitrogens with one attached hydrogen (secondary N) is 2. The molecule has 0 unspecified atom stereocenters. The van der Waals surface area contributed by atoms with Crippen molar-refractivity contribution in [2.45, 2.75) is 34.1 Å². The van der Waals surface area contributed by atoms with E-state index in [1.54, 1.807) is 0 Å². The Morgan fingerprint density at radius 2 is 2.05 bits per heavy atom. The molecule has 0 aliphatic heterocycles. The molecule has 0 saturated heterocycles. The second kappa shape index (κ2) is 9.40. The highest BCUT2D eigenvalue weighted by Crippen LogP contribution is 2.17. The van der Waals surface area contributed by atoms with Gasteiger partial charge >= 0.3 is 0 Å². The minimum Gasteiger partial charge on any atom is -0.385 e. The maximum atomic E-state index is 12.2. The van der Waals surface area contributed by atoms with Crippen LogP contribution < -0.4 is 10.6 Å². The van der Waals surface area contributed by atoms with Crippen molar-refractivity contribution in [3.05, 3.63) is 29.3 Å². The van der Waals surface area contributed by atoms with E-state index >= 15 is 0 Å². The smallest absolute Gasteiger partial charge is 0.253 e. The average Bonchev–Trinajstić information content (AvgIpc) is 2.44. The van der Waals surface area contributed by atoms with Gasteiger partial charge in [-0.1, -0.05) is 25.5 Å². The number of hydrogen-bond acceptors (Lipinski definition) is 3. The van der Waals surface area contributed by atoms with Crippen molar-refractivity contribution in [3.63, 3.8) is 0 Å². The number of aryl methyl sites for hydroxylation is 1. The Morgan fingerprint density at radius 3 is 2.71 bits per heavy atom. The molecule has 0 heterocycles. The van der Waals surface area contributed by atoms with Crippen LogP contribution in [0.1, 0.15) is 43.1 Å². The molecule has 1 amide bonds. The monoisotopic (exact) mass is 292 g/mol. The summed E-state index contributed by atoms with van der Waals surface area (Å²) in [5.74, 6) is 0.594. The highest BCUT2D eigenvalue weighted by Gasteiger charge is 2.10. The molecule has 0 atom stereocenters. The van der Waals surface area contributed by atoms with Crippen LogP contribution in [0.4, 0.5) is 5.69 Å². The van der Waals surface area contributed by atoms with Gasteiger partial charge in [0.1, 0.15) is 0 Å². The predicted molar refractivity (Wildman–Crippen MR) is 87.9 cm³/mol. The number of carbonyl (C=O) groups is 1. The quantitative estimate of drug-likeness (QED) is 0.687. The van der Waals surface area contributed by atoms with E-state index in [-0.39, 0.29) is 5.91 Å². The van der Waals surface area contributed by atoms with Crippen LogP contribution in [0, 0.1) is 12.8 Å². The van der Waals surface area contributed by atoms with Gasteiger partial charge in [-0.25, -0.2) is 0 Å². The fraction of sp³-hybridized carbons (Fsp3) is 0.588. The molecule has 0 fully saturated rings. The molecule has 2 N–H and O–H groups in total. The van der Waals surface area contributed by atoms with Crippen LogP contribution in [0.15, 0.2) is 18.2 Å². The molecular formula is C17H28N2O2. The summed E-state index contributed by atoms with van der Waals surface area (Å²) >= 11 is 0. The Hall–Kier alpha value is -1.55. The van der Waals surface area contributed by atoms with E-state index in [1.165, 1.54) is 0 Å². The summed E-state index contributed by atoms with van der Waals surface area (Å²) in [5.41, 5.74) is 2.65. The molecule has 0 aliphatic carbocycles. The van der Waals surface area contributed by atoms with Gasteiger partial charge in [-0.2, -0.15) is 0 Å². The molecule has 0 aliphatic rings. The second-order valence-electron chi connectivity index (χ2n) is 5.63. The van der Waals surface area contributed by atoms with Crippen LogP contribution in [0.5, 0.6) is 0 Å². The summed E-state index contributed by atoms with van der Waals surface area (Å²) in [6.45, 7) is 11.0. The van der Waals surface area contributed by atoms with Crippen LogP contribution in [0.25, 0.3) is 0 Å². The summed E-state index contributed by atoms with van der Waals surface area (Å²) < 4.78 is 5.50. The zero-order valence-electron chi connectivity index (χ0n) is 13.7. The number of carbonyl (C=O) groups excluding carboxylic acids is 1. The number of hydrogen-bond donors (Lipinski definition) is 2. The maximum Gasteiger partial charge on any atom is 0.253 e. The SMILES string of the molecule is CCNc1ccc(C)cc1C(=O)NCCOCCC(C)C. The van der Waals surface area contributed by atoms with Crippen molar-refractivity contribution in [2.24, 2.45) is 5.92 Å². The molecule has 1 rings (SSSR count). The second-order valence-corrected chi connectivity index (χ2v) is 5.63. The number of ether oxygens (including phenoxy) is 1. The fourth-order valence-electron chi connectivity index (χ4n) is 1.94. The lowest BCUT2D eigenvalue weighted by Crippen LogP contribution is -2.28. The topological polar surface area (TPSA) is 50.4 Å². The lowest BCUT2D eigenvalue weighted by molar-refractivity contribution is 0.0906. The molecular weight excluding hydrogens is 264 g/mol. The lowest BCUT2D eigenvalue weighted by Gasteiger charge is -2.12. The Balaban J connectivity index is 2.42. The summed E-state index contributed by atoms with van der Waals surface area (Å²) in [7, 11) is 0.